The van der Waals surface area contributed by atoms with Crippen molar-refractivity contribution in [1.82, 2.24) is 10.2 Å². The lowest BCUT2D eigenvalue weighted by Crippen LogP contribution is -2.34. The van der Waals surface area contributed by atoms with Crippen LogP contribution in [0.1, 0.15) is 18.4 Å². The van der Waals surface area contributed by atoms with E-state index in [2.05, 4.69) is 5.32 Å². The van der Waals surface area contributed by atoms with Gasteiger partial charge in [-0.15, -0.1) is 12.4 Å². The van der Waals surface area contributed by atoms with Crippen LogP contribution in [0.15, 0.2) is 24.3 Å². The quantitative estimate of drug-likeness (QED) is 0.930. The number of hydrogen-bond donors (Lipinski definition) is 1. The first-order valence-electron chi connectivity index (χ1n) is 6.48. The number of hydrogen-bond acceptors (Lipinski definition) is 2. The molecule has 1 amide bonds. The summed E-state index contributed by atoms with van der Waals surface area (Å²) in [4.78, 5) is 14.0. The Bertz CT molecular complexity index is 387. The van der Waals surface area contributed by atoms with Crippen LogP contribution in [0, 0.1) is 0 Å². The Labute approximate surface area is 125 Å². The molecule has 0 saturated carbocycles. The molecule has 5 heteroatoms. The molecular formula is C14H20Cl2N2O. The molecule has 1 aromatic rings. The van der Waals surface area contributed by atoms with Crippen LogP contribution in [0.25, 0.3) is 0 Å². The predicted octanol–water partition coefficient (Wildman–Crippen LogP) is 2.52. The van der Waals surface area contributed by atoms with E-state index < -0.39 is 0 Å². The maximum absolute atomic E-state index is 12.1. The first kappa shape index (κ1) is 16.3. The van der Waals surface area contributed by atoms with Crippen molar-refractivity contribution in [3.8, 4) is 0 Å². The highest BCUT2D eigenvalue weighted by Gasteiger charge is 2.14. The molecule has 0 bridgehead atoms. The van der Waals surface area contributed by atoms with E-state index in [0.29, 0.717) is 6.42 Å². The summed E-state index contributed by atoms with van der Waals surface area (Å²) >= 11 is 5.83. The smallest absolute Gasteiger partial charge is 0.222 e. The Morgan fingerprint density at radius 1 is 1.21 bits per heavy atom. The molecule has 1 aliphatic rings. The molecule has 106 valence electrons. The minimum atomic E-state index is 0. The number of carbonyl (C=O) groups excluding carboxylic acids is 1. The van der Waals surface area contributed by atoms with Crippen LogP contribution < -0.4 is 5.32 Å². The van der Waals surface area contributed by atoms with Crippen molar-refractivity contribution < 1.29 is 4.79 Å². The Morgan fingerprint density at radius 2 is 1.95 bits per heavy atom. The summed E-state index contributed by atoms with van der Waals surface area (Å²) in [5.74, 6) is 0.258. The molecule has 0 aliphatic carbocycles. The molecule has 0 spiro atoms. The molecule has 3 nitrogen and oxygen atoms in total. The van der Waals surface area contributed by atoms with E-state index in [1.807, 2.05) is 29.2 Å². The SMILES string of the molecule is Cl.O=C(CCc1ccc(Cl)cc1)N1CCCNCC1. The van der Waals surface area contributed by atoms with Crippen LogP contribution in [0.5, 0.6) is 0 Å². The van der Waals surface area contributed by atoms with E-state index in [4.69, 9.17) is 11.6 Å². The number of nitrogens with one attached hydrogen (secondary N) is 1. The summed E-state index contributed by atoms with van der Waals surface area (Å²) in [6.07, 6.45) is 2.42. The van der Waals surface area contributed by atoms with E-state index >= 15 is 0 Å². The van der Waals surface area contributed by atoms with Crippen molar-refractivity contribution in [2.75, 3.05) is 26.2 Å². The minimum Gasteiger partial charge on any atom is -0.341 e. The zero-order valence-electron chi connectivity index (χ0n) is 10.9. The third-order valence-electron chi connectivity index (χ3n) is 3.23. The average Bonchev–Trinajstić information content (AvgIpc) is 2.66. The maximum Gasteiger partial charge on any atom is 0.222 e. The van der Waals surface area contributed by atoms with Gasteiger partial charge in [-0.1, -0.05) is 23.7 Å². The lowest BCUT2D eigenvalue weighted by molar-refractivity contribution is -0.130. The zero-order chi connectivity index (χ0) is 12.8. The fourth-order valence-corrected chi connectivity index (χ4v) is 2.28. The first-order valence-corrected chi connectivity index (χ1v) is 6.86. The number of aryl methyl sites for hydroxylation is 1. The average molecular weight is 303 g/mol. The van der Waals surface area contributed by atoms with Crippen molar-refractivity contribution in [3.63, 3.8) is 0 Å². The lowest BCUT2D eigenvalue weighted by atomic mass is 10.1. The summed E-state index contributed by atoms with van der Waals surface area (Å²) in [5.41, 5.74) is 1.17. The number of carbonyl (C=O) groups is 1. The molecule has 1 aliphatic heterocycles. The molecule has 1 heterocycles. The highest BCUT2D eigenvalue weighted by molar-refractivity contribution is 6.30. The van der Waals surface area contributed by atoms with Gasteiger partial charge < -0.3 is 10.2 Å². The molecule has 1 fully saturated rings. The molecule has 0 unspecified atom stereocenters. The van der Waals surface area contributed by atoms with Gasteiger partial charge in [-0.2, -0.15) is 0 Å². The van der Waals surface area contributed by atoms with Gasteiger partial charge in [-0.3, -0.25) is 4.79 Å². The van der Waals surface area contributed by atoms with Crippen molar-refractivity contribution in [2.45, 2.75) is 19.3 Å². The Hall–Kier alpha value is -0.770. The van der Waals surface area contributed by atoms with Crippen LogP contribution in [-0.4, -0.2) is 37.0 Å². The van der Waals surface area contributed by atoms with Crippen LogP contribution in [0.2, 0.25) is 5.02 Å². The maximum atomic E-state index is 12.1. The van der Waals surface area contributed by atoms with E-state index in [1.165, 1.54) is 5.56 Å². The summed E-state index contributed by atoms with van der Waals surface area (Å²) in [5, 5.41) is 4.04. The van der Waals surface area contributed by atoms with Gasteiger partial charge >= 0.3 is 0 Å². The Morgan fingerprint density at radius 3 is 2.68 bits per heavy atom. The molecule has 2 rings (SSSR count). The van der Waals surface area contributed by atoms with Gasteiger partial charge in [0.25, 0.3) is 0 Å². The van der Waals surface area contributed by atoms with Crippen molar-refractivity contribution >= 4 is 29.9 Å². The number of rotatable bonds is 3. The predicted molar refractivity (Wildman–Crippen MR) is 81.1 cm³/mol. The normalized spacial score (nSPS) is 15.5. The monoisotopic (exact) mass is 302 g/mol. The second-order valence-corrected chi connectivity index (χ2v) is 5.05. The number of halogens is 2. The summed E-state index contributed by atoms with van der Waals surface area (Å²) in [6.45, 7) is 3.64. The topological polar surface area (TPSA) is 32.3 Å². The van der Waals surface area contributed by atoms with Crippen LogP contribution >= 0.6 is 24.0 Å². The molecule has 0 atom stereocenters. The molecule has 0 radical (unpaired) electrons. The standard InChI is InChI=1S/C14H19ClN2O.ClH/c15-13-5-2-12(3-6-13)4-7-14(18)17-10-1-8-16-9-11-17;/h2-3,5-6,16H,1,4,7-11H2;1H. The summed E-state index contributed by atoms with van der Waals surface area (Å²) < 4.78 is 0. The van der Waals surface area contributed by atoms with Gasteiger partial charge in [0.1, 0.15) is 0 Å². The van der Waals surface area contributed by atoms with Gasteiger partial charge in [0.05, 0.1) is 0 Å². The summed E-state index contributed by atoms with van der Waals surface area (Å²) in [6, 6.07) is 7.72. The molecular weight excluding hydrogens is 283 g/mol. The third-order valence-corrected chi connectivity index (χ3v) is 3.49. The van der Waals surface area contributed by atoms with Crippen molar-refractivity contribution in [3.05, 3.63) is 34.9 Å². The fraction of sp³-hybridized carbons (Fsp3) is 0.500. The third kappa shape index (κ3) is 5.39. The molecule has 19 heavy (non-hydrogen) atoms. The molecule has 0 aromatic heterocycles. The molecule has 1 aromatic carbocycles. The summed E-state index contributed by atoms with van der Waals surface area (Å²) in [7, 11) is 0. The van der Waals surface area contributed by atoms with Gasteiger partial charge in [-0.05, 0) is 37.1 Å². The van der Waals surface area contributed by atoms with Crippen LogP contribution in [0.3, 0.4) is 0 Å². The molecule has 1 saturated heterocycles. The largest absolute Gasteiger partial charge is 0.341 e. The second-order valence-electron chi connectivity index (χ2n) is 4.61. The van der Waals surface area contributed by atoms with Gasteiger partial charge in [-0.25, -0.2) is 0 Å². The van der Waals surface area contributed by atoms with E-state index in [0.717, 1.165) is 44.0 Å². The van der Waals surface area contributed by atoms with Crippen molar-refractivity contribution in [2.24, 2.45) is 0 Å². The van der Waals surface area contributed by atoms with E-state index in [9.17, 15) is 4.79 Å². The highest BCUT2D eigenvalue weighted by Crippen LogP contribution is 2.11. The van der Waals surface area contributed by atoms with E-state index in [1.54, 1.807) is 0 Å². The van der Waals surface area contributed by atoms with Gasteiger partial charge in [0.15, 0.2) is 0 Å². The van der Waals surface area contributed by atoms with Gasteiger partial charge in [0.2, 0.25) is 5.91 Å². The number of amides is 1. The lowest BCUT2D eigenvalue weighted by Gasteiger charge is -2.19. The first-order chi connectivity index (χ1) is 8.75. The van der Waals surface area contributed by atoms with E-state index in [-0.39, 0.29) is 18.3 Å². The second kappa shape index (κ2) is 8.41. The Balaban J connectivity index is 0.00000180. The van der Waals surface area contributed by atoms with Gasteiger partial charge in [0, 0.05) is 31.1 Å². The highest BCUT2D eigenvalue weighted by atomic mass is 35.5. The number of nitrogens with zero attached hydrogens (tertiary/aromatic N) is 1. The van der Waals surface area contributed by atoms with Crippen molar-refractivity contribution in [1.29, 1.82) is 0 Å². The van der Waals surface area contributed by atoms with Crippen LogP contribution in [0.4, 0.5) is 0 Å². The van der Waals surface area contributed by atoms with Crippen LogP contribution in [-0.2, 0) is 11.2 Å². The minimum absolute atomic E-state index is 0. The fourth-order valence-electron chi connectivity index (χ4n) is 2.16. The molecule has 1 N–H and O–H groups in total. The number of benzene rings is 1. The zero-order valence-corrected chi connectivity index (χ0v) is 12.5. The Kier molecular flexibility index (Phi) is 7.21.